The number of β-amino-alcohol motifs (C(OH)–C–C–N with tert-alkyl or cyclic N) is 1. The number of carbonyl (C=O) groups is 2. The summed E-state index contributed by atoms with van der Waals surface area (Å²) < 4.78 is 4.74. The maximum Gasteiger partial charge on any atom is 0.328 e. The molecule has 1 N–H and O–H groups in total. The van der Waals surface area contributed by atoms with Crippen molar-refractivity contribution in [3.05, 3.63) is 29.8 Å². The number of rotatable bonds is 2. The average molecular weight is 307 g/mol. The summed E-state index contributed by atoms with van der Waals surface area (Å²) in [4.78, 5) is 27.0. The molecule has 0 aliphatic carbocycles. The molecule has 2 heterocycles. The number of carbonyl (C=O) groups excluding carboxylic acids is 2. The lowest BCUT2D eigenvalue weighted by molar-refractivity contribution is -0.150. The van der Waals surface area contributed by atoms with Crippen LogP contribution < -0.4 is 0 Å². The summed E-state index contributed by atoms with van der Waals surface area (Å²) in [5, 5.41) is 9.55. The fraction of sp³-hybridized carbons (Fsp3) is 0.467. The second-order valence-electron chi connectivity index (χ2n) is 5.34. The summed E-state index contributed by atoms with van der Waals surface area (Å²) in [6, 6.07) is 7.27. The first kappa shape index (κ1) is 14.4. The van der Waals surface area contributed by atoms with Crippen LogP contribution in [-0.4, -0.2) is 52.9 Å². The summed E-state index contributed by atoms with van der Waals surface area (Å²) in [5.74, 6) is -0.552. The van der Waals surface area contributed by atoms with Gasteiger partial charge in [-0.15, -0.1) is 11.8 Å². The van der Waals surface area contributed by atoms with Crippen molar-refractivity contribution in [1.29, 1.82) is 0 Å². The Bertz CT molecular complexity index is 552. The zero-order valence-corrected chi connectivity index (χ0v) is 12.5. The van der Waals surface area contributed by atoms with Crippen LogP contribution in [0.3, 0.4) is 0 Å². The van der Waals surface area contributed by atoms with Crippen LogP contribution in [0, 0.1) is 0 Å². The number of fused-ring (bicyclic) bond motifs is 1. The Morgan fingerprint density at radius 1 is 1.38 bits per heavy atom. The molecule has 1 aromatic rings. The molecule has 0 radical (unpaired) electrons. The van der Waals surface area contributed by atoms with Crippen molar-refractivity contribution >= 4 is 23.6 Å². The molecule has 1 fully saturated rings. The molecule has 1 amide bonds. The molecule has 3 atom stereocenters. The summed E-state index contributed by atoms with van der Waals surface area (Å²) in [6.07, 6.45) is 0.259. The fourth-order valence-electron chi connectivity index (χ4n) is 2.92. The van der Waals surface area contributed by atoms with Gasteiger partial charge in [0.25, 0.3) is 0 Å². The number of methoxy groups -OCH3 is 1. The summed E-state index contributed by atoms with van der Waals surface area (Å²) in [7, 11) is 1.30. The lowest BCUT2D eigenvalue weighted by Gasteiger charge is -2.24. The van der Waals surface area contributed by atoms with E-state index in [1.165, 1.54) is 23.8 Å². The van der Waals surface area contributed by atoms with E-state index in [4.69, 9.17) is 4.74 Å². The molecule has 21 heavy (non-hydrogen) atoms. The molecule has 3 rings (SSSR count). The normalized spacial score (nSPS) is 27.5. The third-order valence-corrected chi connectivity index (χ3v) is 5.26. The Hall–Kier alpha value is -1.53. The van der Waals surface area contributed by atoms with Crippen LogP contribution in [0.25, 0.3) is 0 Å². The van der Waals surface area contributed by atoms with Crippen molar-refractivity contribution < 1.29 is 19.4 Å². The first-order chi connectivity index (χ1) is 10.1. The molecule has 5 nitrogen and oxygen atoms in total. The molecule has 0 aromatic heterocycles. The van der Waals surface area contributed by atoms with Crippen molar-refractivity contribution in [2.45, 2.75) is 35.1 Å². The highest BCUT2D eigenvalue weighted by Gasteiger charge is 2.43. The number of esters is 1. The van der Waals surface area contributed by atoms with Gasteiger partial charge in [-0.2, -0.15) is 0 Å². The molecule has 3 unspecified atom stereocenters. The molecule has 2 aliphatic rings. The first-order valence-electron chi connectivity index (χ1n) is 6.91. The van der Waals surface area contributed by atoms with Crippen LogP contribution in [0.4, 0.5) is 0 Å². The molecule has 0 saturated carbocycles. The van der Waals surface area contributed by atoms with E-state index in [-0.39, 0.29) is 24.1 Å². The molecular weight excluding hydrogens is 290 g/mol. The highest BCUT2D eigenvalue weighted by Crippen LogP contribution is 2.38. The number of thioether (sulfide) groups is 1. The molecule has 0 bridgehead atoms. The second kappa shape index (κ2) is 5.69. The number of likely N-dealkylation sites (tertiary alicyclic amines) is 1. The van der Waals surface area contributed by atoms with E-state index in [1.54, 1.807) is 0 Å². The minimum atomic E-state index is -0.665. The number of ether oxygens (including phenoxy) is 1. The van der Waals surface area contributed by atoms with Crippen LogP contribution in [0.5, 0.6) is 0 Å². The van der Waals surface area contributed by atoms with Crippen LogP contribution in [0.15, 0.2) is 29.2 Å². The van der Waals surface area contributed by atoms with Crippen molar-refractivity contribution in [1.82, 2.24) is 4.90 Å². The maximum absolute atomic E-state index is 12.7. The molecule has 2 aliphatic heterocycles. The molecule has 6 heteroatoms. The number of hydrogen-bond acceptors (Lipinski definition) is 5. The third kappa shape index (κ3) is 2.65. The molecular formula is C15H17NO4S. The minimum absolute atomic E-state index is 0.0943. The van der Waals surface area contributed by atoms with Crippen molar-refractivity contribution in [2.24, 2.45) is 0 Å². The number of aliphatic hydroxyl groups is 1. The third-order valence-electron chi connectivity index (χ3n) is 3.96. The zero-order valence-electron chi connectivity index (χ0n) is 11.7. The fourth-order valence-corrected chi connectivity index (χ4v) is 4.19. The van der Waals surface area contributed by atoms with Crippen LogP contribution >= 0.6 is 11.8 Å². The summed E-state index contributed by atoms with van der Waals surface area (Å²) >= 11 is 1.53. The molecule has 0 spiro atoms. The van der Waals surface area contributed by atoms with E-state index in [2.05, 4.69) is 0 Å². The van der Waals surface area contributed by atoms with E-state index >= 15 is 0 Å². The van der Waals surface area contributed by atoms with Crippen LogP contribution in [0.2, 0.25) is 0 Å². The predicted molar refractivity (Wildman–Crippen MR) is 77.9 cm³/mol. The van der Waals surface area contributed by atoms with Gasteiger partial charge in [0.15, 0.2) is 0 Å². The van der Waals surface area contributed by atoms with Gasteiger partial charge in [-0.3, -0.25) is 4.79 Å². The maximum atomic E-state index is 12.7. The van der Waals surface area contributed by atoms with Gasteiger partial charge < -0.3 is 14.7 Å². The summed E-state index contributed by atoms with van der Waals surface area (Å²) in [6.45, 7) is 0.200. The van der Waals surface area contributed by atoms with Gasteiger partial charge in [0.1, 0.15) is 6.04 Å². The first-order valence-corrected chi connectivity index (χ1v) is 7.79. The lowest BCUT2D eigenvalue weighted by Crippen LogP contribution is -2.45. The van der Waals surface area contributed by atoms with E-state index in [0.29, 0.717) is 6.42 Å². The second-order valence-corrected chi connectivity index (χ2v) is 6.58. The van der Waals surface area contributed by atoms with Gasteiger partial charge in [0, 0.05) is 17.9 Å². The Kier molecular flexibility index (Phi) is 3.91. The van der Waals surface area contributed by atoms with Gasteiger partial charge in [-0.1, -0.05) is 18.2 Å². The van der Waals surface area contributed by atoms with E-state index < -0.39 is 18.1 Å². The SMILES string of the molecule is COC(=O)C1CC(O)CN1C(=O)C1Cc2ccccc2S1. The van der Waals surface area contributed by atoms with E-state index in [1.807, 2.05) is 24.3 Å². The molecule has 112 valence electrons. The highest BCUT2D eigenvalue weighted by atomic mass is 32.2. The van der Waals surface area contributed by atoms with Crippen molar-refractivity contribution in [3.8, 4) is 0 Å². The predicted octanol–water partition coefficient (Wildman–Crippen LogP) is 0.838. The molecule has 1 aromatic carbocycles. The average Bonchev–Trinajstić information content (AvgIpc) is 3.09. The Balaban J connectivity index is 1.75. The number of hydrogen-bond donors (Lipinski definition) is 1. The number of aliphatic hydroxyl groups excluding tert-OH is 1. The van der Waals surface area contributed by atoms with Crippen molar-refractivity contribution in [3.63, 3.8) is 0 Å². The number of amides is 1. The lowest BCUT2D eigenvalue weighted by atomic mass is 10.1. The van der Waals surface area contributed by atoms with Crippen molar-refractivity contribution in [2.75, 3.05) is 13.7 Å². The standard InChI is InChI=1S/C15H17NO4S/c1-20-15(19)11-7-10(17)8-16(11)14(18)13-6-9-4-2-3-5-12(9)21-13/h2-5,10-11,13,17H,6-8H2,1H3. The van der Waals surface area contributed by atoms with Gasteiger partial charge in [-0.05, 0) is 18.1 Å². The smallest absolute Gasteiger partial charge is 0.328 e. The quantitative estimate of drug-likeness (QED) is 0.820. The highest BCUT2D eigenvalue weighted by molar-refractivity contribution is 8.01. The summed E-state index contributed by atoms with van der Waals surface area (Å²) in [5.41, 5.74) is 1.16. The van der Waals surface area contributed by atoms with Gasteiger partial charge >= 0.3 is 5.97 Å². The van der Waals surface area contributed by atoms with Gasteiger partial charge in [0.2, 0.25) is 5.91 Å². The Labute approximate surface area is 127 Å². The van der Waals surface area contributed by atoms with E-state index in [0.717, 1.165) is 10.5 Å². The topological polar surface area (TPSA) is 66.8 Å². The van der Waals surface area contributed by atoms with Gasteiger partial charge in [-0.25, -0.2) is 4.79 Å². The van der Waals surface area contributed by atoms with Gasteiger partial charge in [0.05, 0.1) is 18.5 Å². The largest absolute Gasteiger partial charge is 0.467 e. The zero-order chi connectivity index (χ0) is 15.0. The number of nitrogens with zero attached hydrogens (tertiary/aromatic N) is 1. The van der Waals surface area contributed by atoms with Crippen LogP contribution in [-0.2, 0) is 20.7 Å². The Morgan fingerprint density at radius 2 is 2.14 bits per heavy atom. The van der Waals surface area contributed by atoms with Crippen LogP contribution in [0.1, 0.15) is 12.0 Å². The molecule has 1 saturated heterocycles. The van der Waals surface area contributed by atoms with E-state index in [9.17, 15) is 14.7 Å². The number of benzene rings is 1. The Morgan fingerprint density at radius 3 is 2.86 bits per heavy atom. The monoisotopic (exact) mass is 307 g/mol. The minimum Gasteiger partial charge on any atom is -0.467 e.